The molecule has 0 saturated carbocycles. The molecule has 2 aromatic carbocycles. The van der Waals surface area contributed by atoms with Crippen LogP contribution in [0.3, 0.4) is 0 Å². The molecule has 2 aromatic rings. The maximum absolute atomic E-state index is 12.6. The molecular weight excluding hydrogens is 382 g/mol. The van der Waals surface area contributed by atoms with E-state index in [0.29, 0.717) is 40.9 Å². The van der Waals surface area contributed by atoms with E-state index in [1.165, 1.54) is 20.6 Å². The Morgan fingerprint density at radius 1 is 1.03 bits per heavy atom. The minimum absolute atomic E-state index is 0.106. The fourth-order valence-corrected chi connectivity index (χ4v) is 3.70. The Balaban J connectivity index is 1.74. The third-order valence-corrected chi connectivity index (χ3v) is 5.19. The molecule has 0 radical (unpaired) electrons. The summed E-state index contributed by atoms with van der Waals surface area (Å²) in [5, 5.41) is 5.75. The Morgan fingerprint density at radius 2 is 1.67 bits per heavy atom. The molecule has 1 saturated heterocycles. The Morgan fingerprint density at radius 3 is 2.27 bits per heavy atom. The summed E-state index contributed by atoms with van der Waals surface area (Å²) in [6, 6.07) is 12.2. The van der Waals surface area contributed by atoms with Crippen LogP contribution in [0.15, 0.2) is 42.5 Å². The number of methoxy groups -OCH3 is 2. The summed E-state index contributed by atoms with van der Waals surface area (Å²) in [7, 11) is 3.04. The number of anilines is 2. The van der Waals surface area contributed by atoms with Crippen LogP contribution in [0.2, 0.25) is 0 Å². The van der Waals surface area contributed by atoms with Crippen LogP contribution in [-0.4, -0.2) is 50.6 Å². The first-order chi connectivity index (χ1) is 14.5. The van der Waals surface area contributed by atoms with Crippen LogP contribution in [0.4, 0.5) is 11.4 Å². The Hall–Kier alpha value is -3.06. The summed E-state index contributed by atoms with van der Waals surface area (Å²) in [6.07, 6.45) is 2.32. The van der Waals surface area contributed by atoms with Crippen LogP contribution in [0.25, 0.3) is 0 Å². The SMILES string of the molecule is COc1cc(NC(=O)c2ccccc2)c(OC)cc1NC(=O)CN1CCCC(C)C1. The van der Waals surface area contributed by atoms with E-state index in [0.717, 1.165) is 19.5 Å². The van der Waals surface area contributed by atoms with Gasteiger partial charge < -0.3 is 20.1 Å². The second-order valence-corrected chi connectivity index (χ2v) is 7.60. The number of nitrogens with one attached hydrogen (secondary N) is 2. The van der Waals surface area contributed by atoms with E-state index in [-0.39, 0.29) is 11.8 Å². The Labute approximate surface area is 177 Å². The molecule has 2 amide bonds. The van der Waals surface area contributed by atoms with E-state index in [1.54, 1.807) is 36.4 Å². The molecule has 1 aliphatic heterocycles. The maximum atomic E-state index is 12.6. The molecule has 7 nitrogen and oxygen atoms in total. The number of ether oxygens (including phenoxy) is 2. The van der Waals surface area contributed by atoms with Crippen molar-refractivity contribution >= 4 is 23.2 Å². The highest BCUT2D eigenvalue weighted by Gasteiger charge is 2.20. The first kappa shape index (κ1) is 21.6. The first-order valence-electron chi connectivity index (χ1n) is 10.1. The lowest BCUT2D eigenvalue weighted by molar-refractivity contribution is -0.117. The third-order valence-electron chi connectivity index (χ3n) is 5.19. The zero-order valence-corrected chi connectivity index (χ0v) is 17.7. The molecular formula is C23H29N3O4. The number of rotatable bonds is 7. The van der Waals surface area contributed by atoms with Gasteiger partial charge in [-0.3, -0.25) is 14.5 Å². The van der Waals surface area contributed by atoms with E-state index in [1.807, 2.05) is 6.07 Å². The van der Waals surface area contributed by atoms with E-state index in [2.05, 4.69) is 22.5 Å². The van der Waals surface area contributed by atoms with Gasteiger partial charge in [0.2, 0.25) is 5.91 Å². The summed E-state index contributed by atoms with van der Waals surface area (Å²) in [5.74, 6) is 1.12. The highest BCUT2D eigenvalue weighted by Crippen LogP contribution is 2.36. The van der Waals surface area contributed by atoms with Crippen LogP contribution in [0.1, 0.15) is 30.1 Å². The van der Waals surface area contributed by atoms with Crippen molar-refractivity contribution in [2.24, 2.45) is 5.92 Å². The molecule has 1 atom stereocenters. The van der Waals surface area contributed by atoms with Crippen molar-refractivity contribution in [2.45, 2.75) is 19.8 Å². The Kier molecular flexibility index (Phi) is 7.30. The van der Waals surface area contributed by atoms with Gasteiger partial charge in [-0.05, 0) is 37.4 Å². The predicted molar refractivity (Wildman–Crippen MR) is 117 cm³/mol. The Bertz CT molecular complexity index is 886. The van der Waals surface area contributed by atoms with Gasteiger partial charge in [0.05, 0.1) is 32.1 Å². The number of carbonyl (C=O) groups excluding carboxylic acids is 2. The molecule has 160 valence electrons. The summed E-state index contributed by atoms with van der Waals surface area (Å²) in [6.45, 7) is 4.41. The number of piperidine rings is 1. The topological polar surface area (TPSA) is 79.9 Å². The number of benzene rings is 2. The van der Waals surface area contributed by atoms with Crippen molar-refractivity contribution in [3.8, 4) is 11.5 Å². The summed E-state index contributed by atoms with van der Waals surface area (Å²) in [4.78, 5) is 27.3. The fourth-order valence-electron chi connectivity index (χ4n) is 3.70. The average molecular weight is 412 g/mol. The van der Waals surface area contributed by atoms with Crippen molar-refractivity contribution < 1.29 is 19.1 Å². The van der Waals surface area contributed by atoms with Crippen molar-refractivity contribution in [3.05, 3.63) is 48.0 Å². The van der Waals surface area contributed by atoms with E-state index < -0.39 is 0 Å². The number of carbonyl (C=O) groups is 2. The molecule has 1 unspecified atom stereocenters. The van der Waals surface area contributed by atoms with Crippen LogP contribution >= 0.6 is 0 Å². The predicted octanol–water partition coefficient (Wildman–Crippen LogP) is 3.63. The lowest BCUT2D eigenvalue weighted by Gasteiger charge is -2.30. The largest absolute Gasteiger partial charge is 0.494 e. The maximum Gasteiger partial charge on any atom is 0.255 e. The molecule has 0 aliphatic carbocycles. The molecule has 7 heteroatoms. The van der Waals surface area contributed by atoms with Gasteiger partial charge >= 0.3 is 0 Å². The molecule has 1 aliphatic rings. The molecule has 1 fully saturated rings. The summed E-state index contributed by atoms with van der Waals surface area (Å²) >= 11 is 0. The van der Waals surface area contributed by atoms with Crippen molar-refractivity contribution in [1.29, 1.82) is 0 Å². The number of hydrogen-bond acceptors (Lipinski definition) is 5. The van der Waals surface area contributed by atoms with E-state index >= 15 is 0 Å². The van der Waals surface area contributed by atoms with Gasteiger partial charge in [0, 0.05) is 24.2 Å². The van der Waals surface area contributed by atoms with Gasteiger partial charge in [-0.25, -0.2) is 0 Å². The lowest BCUT2D eigenvalue weighted by Crippen LogP contribution is -2.39. The molecule has 3 rings (SSSR count). The fraction of sp³-hybridized carbons (Fsp3) is 0.391. The molecule has 0 aromatic heterocycles. The molecule has 2 N–H and O–H groups in total. The quantitative estimate of drug-likeness (QED) is 0.727. The second kappa shape index (κ2) is 10.1. The highest BCUT2D eigenvalue weighted by molar-refractivity contribution is 6.05. The molecule has 0 spiro atoms. The monoisotopic (exact) mass is 411 g/mol. The second-order valence-electron chi connectivity index (χ2n) is 7.60. The van der Waals surface area contributed by atoms with E-state index in [9.17, 15) is 9.59 Å². The van der Waals surface area contributed by atoms with Gasteiger partial charge in [0.25, 0.3) is 5.91 Å². The molecule has 0 bridgehead atoms. The van der Waals surface area contributed by atoms with Crippen LogP contribution < -0.4 is 20.1 Å². The summed E-state index contributed by atoms with van der Waals surface area (Å²) in [5.41, 5.74) is 1.50. The smallest absolute Gasteiger partial charge is 0.255 e. The van der Waals surface area contributed by atoms with Crippen LogP contribution in [0, 0.1) is 5.92 Å². The van der Waals surface area contributed by atoms with E-state index in [4.69, 9.17) is 9.47 Å². The van der Waals surface area contributed by atoms with Crippen molar-refractivity contribution in [1.82, 2.24) is 4.90 Å². The van der Waals surface area contributed by atoms with Gasteiger partial charge in [-0.15, -0.1) is 0 Å². The summed E-state index contributed by atoms with van der Waals surface area (Å²) < 4.78 is 10.9. The normalized spacial score (nSPS) is 16.6. The van der Waals surface area contributed by atoms with Gasteiger partial charge in [-0.1, -0.05) is 25.1 Å². The van der Waals surface area contributed by atoms with Crippen molar-refractivity contribution in [2.75, 3.05) is 44.5 Å². The number of hydrogen-bond donors (Lipinski definition) is 2. The minimum Gasteiger partial charge on any atom is -0.494 e. The standard InChI is InChI=1S/C23H29N3O4/c1-16-8-7-11-26(14-16)15-22(27)24-18-12-21(30-3)19(13-20(18)29-2)25-23(28)17-9-5-4-6-10-17/h4-6,9-10,12-13,16H,7-8,11,14-15H2,1-3H3,(H,24,27)(H,25,28). The molecule has 1 heterocycles. The van der Waals surface area contributed by atoms with Gasteiger partial charge in [0.15, 0.2) is 0 Å². The number of amides is 2. The highest BCUT2D eigenvalue weighted by atomic mass is 16.5. The van der Waals surface area contributed by atoms with Crippen LogP contribution in [-0.2, 0) is 4.79 Å². The van der Waals surface area contributed by atoms with Gasteiger partial charge in [-0.2, -0.15) is 0 Å². The van der Waals surface area contributed by atoms with Crippen LogP contribution in [0.5, 0.6) is 11.5 Å². The average Bonchev–Trinajstić information content (AvgIpc) is 2.74. The van der Waals surface area contributed by atoms with Crippen molar-refractivity contribution in [3.63, 3.8) is 0 Å². The van der Waals surface area contributed by atoms with Gasteiger partial charge in [0.1, 0.15) is 11.5 Å². The first-order valence-corrected chi connectivity index (χ1v) is 10.1. The zero-order valence-electron chi connectivity index (χ0n) is 17.7. The zero-order chi connectivity index (χ0) is 21.5. The number of nitrogens with zero attached hydrogens (tertiary/aromatic N) is 1. The molecule has 30 heavy (non-hydrogen) atoms. The third kappa shape index (κ3) is 5.51. The number of likely N-dealkylation sites (tertiary alicyclic amines) is 1. The minimum atomic E-state index is -0.257. The lowest BCUT2D eigenvalue weighted by atomic mass is 10.0.